The number of anilines is 2. The molecule has 3 aromatic carbocycles. The van der Waals surface area contributed by atoms with Crippen LogP contribution in [0.3, 0.4) is 0 Å². The van der Waals surface area contributed by atoms with E-state index in [1.165, 1.54) is 4.91 Å². The number of hydrogen-bond acceptors (Lipinski definition) is 10. The van der Waals surface area contributed by atoms with Crippen LogP contribution in [0.1, 0.15) is 49.2 Å². The molecule has 18 nitrogen and oxygen atoms in total. The Morgan fingerprint density at radius 2 is 0.857 bits per heavy atom. The predicted molar refractivity (Wildman–Crippen MR) is 263 cm³/mol. The van der Waals surface area contributed by atoms with Gasteiger partial charge in [-0.15, -0.1) is 0 Å². The van der Waals surface area contributed by atoms with Gasteiger partial charge in [0.15, 0.2) is 0 Å². The van der Waals surface area contributed by atoms with Gasteiger partial charge in [0.2, 0.25) is 0 Å². The third-order valence-corrected chi connectivity index (χ3v) is 8.33. The number of aldehydes is 1. The van der Waals surface area contributed by atoms with Crippen molar-refractivity contribution in [2.24, 2.45) is 5.11 Å². The molecule has 0 aromatic heterocycles. The predicted octanol–water partition coefficient (Wildman–Crippen LogP) is 10.4. The number of azide groups is 1. The number of benzene rings is 3. The molecule has 3 aliphatic rings. The van der Waals surface area contributed by atoms with Crippen molar-refractivity contribution < 1.29 is 48.6 Å². The maximum atomic E-state index is 10.1. The van der Waals surface area contributed by atoms with E-state index in [0.717, 1.165) is 17.4 Å². The van der Waals surface area contributed by atoms with Gasteiger partial charge in [-0.1, -0.05) is 53.7 Å². The molecule has 0 saturated heterocycles. The van der Waals surface area contributed by atoms with E-state index >= 15 is 0 Å². The van der Waals surface area contributed by atoms with Gasteiger partial charge in [-0.3, -0.25) is 9.71 Å². The van der Waals surface area contributed by atoms with Crippen LogP contribution < -0.4 is 41.0 Å². The zero-order chi connectivity index (χ0) is 51.1. The summed E-state index contributed by atoms with van der Waals surface area (Å²) in [6.07, 6.45) is 18.1. The van der Waals surface area contributed by atoms with Gasteiger partial charge in [0, 0.05) is 27.5 Å². The molecule has 3 heterocycles. The molecule has 3 aliphatic heterocycles. The molecule has 19 heteroatoms. The fraction of sp³-hybridized carbons (Fsp3) is 0.0784. The van der Waals surface area contributed by atoms with Crippen LogP contribution in [-0.2, 0) is 14.2 Å². The van der Waals surface area contributed by atoms with Crippen LogP contribution in [0.15, 0.2) is 195 Å². The molecular weight excluding hydrogens is 896 g/mol. The number of carbonyl (C=O) groups is 1. The van der Waals surface area contributed by atoms with Gasteiger partial charge in [-0.25, -0.2) is 30.3 Å². The Kier molecular flexibility index (Phi) is 26.4. The number of hydrogen-bond donors (Lipinski definition) is 2. The van der Waals surface area contributed by atoms with Gasteiger partial charge >= 0.3 is 29.6 Å². The quantitative estimate of drug-likeness (QED) is 0.0347. The van der Waals surface area contributed by atoms with Crippen LogP contribution in [-0.4, -0.2) is 6.29 Å². The summed E-state index contributed by atoms with van der Waals surface area (Å²) in [6.45, 7) is 27.9. The second-order valence-corrected chi connectivity index (χ2v) is 13.5. The Bertz CT molecular complexity index is 3040. The van der Waals surface area contributed by atoms with Crippen molar-refractivity contribution in [3.05, 3.63) is 267 Å². The summed E-state index contributed by atoms with van der Waals surface area (Å²) in [5, 5.41) is 30.0. The number of allylic oxidation sites excluding steroid dienone is 18. The topological polar surface area (TPSA) is 289 Å². The van der Waals surface area contributed by atoms with Crippen LogP contribution in [0.2, 0.25) is 0 Å². The van der Waals surface area contributed by atoms with Crippen molar-refractivity contribution >= 4 is 35.5 Å². The minimum absolute atomic E-state index is 0. The van der Waals surface area contributed by atoms with Gasteiger partial charge in [0.25, 0.3) is 17.1 Å². The normalized spacial score (nSPS) is 13.9. The molecule has 6 rings (SSSR count). The first-order valence-electron chi connectivity index (χ1n) is 19.6. The molecule has 4 N–H and O–H groups in total. The minimum atomic E-state index is 0. The SMILES string of the molecule is Nc1ccc(C=O)cc1.[C-]#[N+]/C(C#N)=C1\C=C(C)OC(/C=C/c2ccc(N)cc2)=C1.[C-]#[N+]/C(C#N)=C1\C=C(C)OC(/C=C/c2ccc(N=[N+]=[N-])cc2)=C1.[C-]#[N+]C(C#N)=C1C=C(C)OC(C)=C1.[N-]=[N+]=[N-].[Na+]. The molecule has 0 atom stereocenters. The Hall–Kier alpha value is -9.97. The summed E-state index contributed by atoms with van der Waals surface area (Å²) in [5.74, 6) is 3.77. The fourth-order valence-corrected chi connectivity index (χ4v) is 5.39. The fourth-order valence-electron chi connectivity index (χ4n) is 5.39. The second-order valence-electron chi connectivity index (χ2n) is 13.5. The van der Waals surface area contributed by atoms with Crippen molar-refractivity contribution in [2.75, 3.05) is 11.5 Å². The number of nitriles is 3. The summed E-state index contributed by atoms with van der Waals surface area (Å²) < 4.78 is 16.4. The summed E-state index contributed by atoms with van der Waals surface area (Å²) in [5.41, 5.74) is 39.2. The van der Waals surface area contributed by atoms with Crippen molar-refractivity contribution in [3.8, 4) is 18.2 Å². The average Bonchev–Trinajstić information content (AvgIpc) is 3.33. The summed E-state index contributed by atoms with van der Waals surface area (Å²) in [7, 11) is 0. The van der Waals surface area contributed by atoms with E-state index in [1.807, 2.05) is 66.8 Å². The Morgan fingerprint density at radius 3 is 1.17 bits per heavy atom. The molecule has 0 saturated carbocycles. The third-order valence-electron chi connectivity index (χ3n) is 8.33. The van der Waals surface area contributed by atoms with Crippen molar-refractivity contribution in [3.63, 3.8) is 0 Å². The van der Waals surface area contributed by atoms with Crippen LogP contribution in [0.5, 0.6) is 0 Å². The van der Waals surface area contributed by atoms with Crippen LogP contribution in [0.4, 0.5) is 17.1 Å². The van der Waals surface area contributed by atoms with Gasteiger partial charge < -0.3 is 36.7 Å². The summed E-state index contributed by atoms with van der Waals surface area (Å²) in [4.78, 5) is 23.8. The van der Waals surface area contributed by atoms with E-state index in [2.05, 4.69) is 24.6 Å². The van der Waals surface area contributed by atoms with E-state index in [0.29, 0.717) is 73.9 Å². The van der Waals surface area contributed by atoms with Gasteiger partial charge in [0.1, 0.15) is 29.3 Å². The monoisotopic (exact) mass is 934 g/mol. The van der Waals surface area contributed by atoms with Crippen LogP contribution in [0, 0.1) is 53.7 Å². The molecule has 0 spiro atoms. The second kappa shape index (κ2) is 31.8. The van der Waals surface area contributed by atoms with Gasteiger partial charge in [0.05, 0.1) is 49.4 Å². The van der Waals surface area contributed by atoms with Crippen molar-refractivity contribution in [1.82, 2.24) is 0 Å². The van der Waals surface area contributed by atoms with E-state index in [4.69, 9.17) is 77.8 Å². The number of nitrogen functional groups attached to an aromatic ring is 2. The first-order valence-corrected chi connectivity index (χ1v) is 19.6. The Balaban J connectivity index is 0.000000478. The van der Waals surface area contributed by atoms with Gasteiger partial charge in [-0.05, 0) is 146 Å². The summed E-state index contributed by atoms with van der Waals surface area (Å²) >= 11 is 0. The number of nitrogens with two attached hydrogens (primary N) is 2. The van der Waals surface area contributed by atoms with E-state index in [9.17, 15) is 4.79 Å². The van der Waals surface area contributed by atoms with Crippen LogP contribution in [0.25, 0.3) is 53.1 Å². The van der Waals surface area contributed by atoms with Crippen molar-refractivity contribution in [2.45, 2.75) is 27.7 Å². The maximum absolute atomic E-state index is 10.1. The molecule has 70 heavy (non-hydrogen) atoms. The molecular formula is C51H39N14NaO4. The maximum Gasteiger partial charge on any atom is 1.00 e. The third kappa shape index (κ3) is 20.9. The Labute approximate surface area is 427 Å². The molecule has 3 aromatic rings. The zero-order valence-electron chi connectivity index (χ0n) is 38.4. The molecule has 0 aliphatic carbocycles. The molecule has 0 amide bonds. The first-order chi connectivity index (χ1) is 33.2. The standard InChI is InChI=1S/C17H11N5O.C17H13N3O.C10H8N2O.C7H7NO.N3.Na/c1-12-9-14(17(11-18)20-2)10-16(23-12)8-5-13-3-6-15(7-4-13)21-22-19;1-12-9-14(17(11-18)20-2)10-16(21-12)8-5-13-3-6-15(19)7-4-13;1-7-4-9(5-8(2)13-7)10(6-11)12-3;8-7-3-1-6(5-9)2-4-7;1-3-2;/h3-10H,1H3;3-10H,19H2,1H3;4-5H,1-2H3;1-5H,8H2;;/q;;;;-1;+1/b2*8-5+,17-14+;;;;. The smallest absolute Gasteiger partial charge is 0.467 e. The molecule has 338 valence electrons. The molecule has 0 unspecified atom stereocenters. The zero-order valence-corrected chi connectivity index (χ0v) is 40.4. The minimum Gasteiger partial charge on any atom is -0.467 e. The average molecular weight is 935 g/mol. The van der Waals surface area contributed by atoms with E-state index < -0.39 is 0 Å². The number of rotatable bonds is 6. The number of carbonyl (C=O) groups excluding carboxylic acids is 1. The first kappa shape index (κ1) is 58.0. The van der Waals surface area contributed by atoms with E-state index in [1.54, 1.807) is 113 Å². The number of nitrogens with zero attached hydrogens (tertiary/aromatic N) is 12. The Morgan fingerprint density at radius 1 is 0.543 bits per heavy atom. The summed E-state index contributed by atoms with van der Waals surface area (Å²) in [6, 6.07) is 26.8. The molecule has 0 bridgehead atoms. The largest absolute Gasteiger partial charge is 1.00 e. The molecule has 0 fully saturated rings. The van der Waals surface area contributed by atoms with Crippen LogP contribution >= 0.6 is 0 Å². The molecule has 0 radical (unpaired) electrons. The number of ether oxygens (including phenoxy) is 3. The van der Waals surface area contributed by atoms with Gasteiger partial charge in [-0.2, -0.15) is 0 Å². The van der Waals surface area contributed by atoms with E-state index in [-0.39, 0.29) is 46.6 Å². The van der Waals surface area contributed by atoms with Crippen molar-refractivity contribution in [1.29, 1.82) is 15.8 Å².